The summed E-state index contributed by atoms with van der Waals surface area (Å²) in [4.78, 5) is 24.5. The monoisotopic (exact) mass is 1030 g/mol. The Kier molecular flexibility index (Phi) is 61.0. The van der Waals surface area contributed by atoms with Crippen molar-refractivity contribution in [2.24, 2.45) is 0 Å². The number of rotatable bonds is 61. The smallest absolute Gasteiger partial charge is 0.305 e. The van der Waals surface area contributed by atoms with E-state index < -0.39 is 12.1 Å². The van der Waals surface area contributed by atoms with Gasteiger partial charge in [-0.1, -0.05) is 294 Å². The molecule has 1 amide bonds. The number of carbonyl (C=O) groups excluding carboxylic acids is 2. The van der Waals surface area contributed by atoms with Crippen LogP contribution in [0.25, 0.3) is 0 Å². The van der Waals surface area contributed by atoms with Crippen LogP contribution in [-0.2, 0) is 14.3 Å². The standard InChI is InChI=1S/C67H127NO5/c1-3-5-7-9-11-13-15-16-33-37-41-45-49-53-57-61-67(72)73-62-58-54-50-46-42-38-35-32-30-28-26-24-22-20-18-17-19-21-23-25-27-29-31-34-36-40-44-48-52-56-60-66(71)68-64(63-69)65(70)59-55-51-47-43-39-14-12-10-8-6-4-2/h16,18,20,33,55,59,64-65,69-70H,3-15,17,19,21-32,34-54,56-58,60-63H2,1-2H3,(H,68,71)/b20-18-,33-16-,59-55+. The number of esters is 1. The van der Waals surface area contributed by atoms with Crippen LogP contribution in [0.3, 0.4) is 0 Å². The van der Waals surface area contributed by atoms with Gasteiger partial charge in [0.05, 0.1) is 25.4 Å². The van der Waals surface area contributed by atoms with Crippen molar-refractivity contribution in [1.82, 2.24) is 5.32 Å². The second kappa shape index (κ2) is 62.6. The van der Waals surface area contributed by atoms with Crippen molar-refractivity contribution in [1.29, 1.82) is 0 Å². The number of carbonyl (C=O) groups is 2. The summed E-state index contributed by atoms with van der Waals surface area (Å²) in [6.07, 6.45) is 79.3. The number of allylic oxidation sites excluding steroid dienone is 5. The number of hydrogen-bond donors (Lipinski definition) is 3. The zero-order valence-electron chi connectivity index (χ0n) is 49.1. The van der Waals surface area contributed by atoms with E-state index in [2.05, 4.69) is 43.5 Å². The lowest BCUT2D eigenvalue weighted by Gasteiger charge is -2.20. The van der Waals surface area contributed by atoms with Crippen LogP contribution in [0.2, 0.25) is 0 Å². The first kappa shape index (κ1) is 71.1. The topological polar surface area (TPSA) is 95.9 Å². The highest BCUT2D eigenvalue weighted by molar-refractivity contribution is 5.76. The average Bonchev–Trinajstić information content (AvgIpc) is 3.39. The highest BCUT2D eigenvalue weighted by Gasteiger charge is 2.18. The van der Waals surface area contributed by atoms with Gasteiger partial charge in [-0.05, 0) is 83.5 Å². The molecule has 0 bridgehead atoms. The van der Waals surface area contributed by atoms with Crippen LogP contribution >= 0.6 is 0 Å². The summed E-state index contributed by atoms with van der Waals surface area (Å²) in [6.45, 7) is 4.90. The van der Waals surface area contributed by atoms with Crippen molar-refractivity contribution in [3.05, 3.63) is 36.5 Å². The number of hydrogen-bond acceptors (Lipinski definition) is 5. The maximum atomic E-state index is 12.4. The van der Waals surface area contributed by atoms with Crippen molar-refractivity contribution < 1.29 is 24.5 Å². The van der Waals surface area contributed by atoms with E-state index in [0.29, 0.717) is 19.4 Å². The maximum Gasteiger partial charge on any atom is 0.305 e. The van der Waals surface area contributed by atoms with Gasteiger partial charge in [0.25, 0.3) is 0 Å². The van der Waals surface area contributed by atoms with Crippen LogP contribution < -0.4 is 5.32 Å². The molecular formula is C67H127NO5. The molecule has 430 valence electrons. The molecule has 0 heterocycles. The molecule has 0 spiro atoms. The van der Waals surface area contributed by atoms with Crippen LogP contribution in [0.5, 0.6) is 0 Å². The Morgan fingerprint density at radius 2 is 0.644 bits per heavy atom. The zero-order chi connectivity index (χ0) is 52.9. The van der Waals surface area contributed by atoms with E-state index in [9.17, 15) is 19.8 Å². The number of aliphatic hydroxyl groups excluding tert-OH is 2. The maximum absolute atomic E-state index is 12.4. The van der Waals surface area contributed by atoms with Gasteiger partial charge in [0.15, 0.2) is 0 Å². The number of ether oxygens (including phenoxy) is 1. The molecule has 0 saturated carbocycles. The van der Waals surface area contributed by atoms with Gasteiger partial charge in [0.1, 0.15) is 0 Å². The van der Waals surface area contributed by atoms with Crippen LogP contribution in [-0.4, -0.2) is 47.4 Å². The molecular weight excluding hydrogens is 899 g/mol. The summed E-state index contributed by atoms with van der Waals surface area (Å²) >= 11 is 0. The van der Waals surface area contributed by atoms with Crippen molar-refractivity contribution in [2.75, 3.05) is 13.2 Å². The summed E-state index contributed by atoms with van der Waals surface area (Å²) in [5.74, 6) is -0.0581. The van der Waals surface area contributed by atoms with Crippen LogP contribution in [0.1, 0.15) is 354 Å². The van der Waals surface area contributed by atoms with Gasteiger partial charge in [-0.3, -0.25) is 9.59 Å². The predicted octanol–water partition coefficient (Wildman–Crippen LogP) is 20.8. The van der Waals surface area contributed by atoms with Crippen LogP contribution in [0.4, 0.5) is 0 Å². The van der Waals surface area contributed by atoms with Gasteiger partial charge in [-0.2, -0.15) is 0 Å². The van der Waals surface area contributed by atoms with E-state index in [4.69, 9.17) is 4.74 Å². The lowest BCUT2D eigenvalue weighted by molar-refractivity contribution is -0.143. The second-order valence-electron chi connectivity index (χ2n) is 22.4. The molecule has 73 heavy (non-hydrogen) atoms. The summed E-state index contributed by atoms with van der Waals surface area (Å²) in [7, 11) is 0. The molecule has 3 N–H and O–H groups in total. The molecule has 0 aliphatic carbocycles. The van der Waals surface area contributed by atoms with Gasteiger partial charge in [0, 0.05) is 12.8 Å². The fourth-order valence-electron chi connectivity index (χ4n) is 10.1. The van der Waals surface area contributed by atoms with Gasteiger partial charge >= 0.3 is 5.97 Å². The SMILES string of the molecule is CCCCCCCC/C=C\CCCCCCCC(=O)OCCCCCCCCCCCCCC/C=C\CCCCCCCCCCCCCCCCC(=O)NC(CO)C(O)/C=C/CCCCCCCCCCC. The lowest BCUT2D eigenvalue weighted by Crippen LogP contribution is -2.45. The van der Waals surface area contributed by atoms with Crippen molar-refractivity contribution in [3.63, 3.8) is 0 Å². The Bertz CT molecular complexity index is 1180. The predicted molar refractivity (Wildman–Crippen MR) is 319 cm³/mol. The van der Waals surface area contributed by atoms with E-state index in [0.717, 1.165) is 44.9 Å². The summed E-state index contributed by atoms with van der Waals surface area (Å²) in [5.41, 5.74) is 0. The van der Waals surface area contributed by atoms with E-state index in [1.807, 2.05) is 6.08 Å². The molecule has 6 nitrogen and oxygen atoms in total. The minimum Gasteiger partial charge on any atom is -0.466 e. The normalized spacial score (nSPS) is 12.8. The van der Waals surface area contributed by atoms with Gasteiger partial charge in [0.2, 0.25) is 5.91 Å². The Labute approximate surface area is 455 Å². The number of aliphatic hydroxyl groups is 2. The van der Waals surface area contributed by atoms with Crippen molar-refractivity contribution >= 4 is 11.9 Å². The molecule has 0 rings (SSSR count). The van der Waals surface area contributed by atoms with Gasteiger partial charge in [-0.25, -0.2) is 0 Å². The summed E-state index contributed by atoms with van der Waals surface area (Å²) < 4.78 is 5.49. The largest absolute Gasteiger partial charge is 0.466 e. The third-order valence-electron chi connectivity index (χ3n) is 15.1. The summed E-state index contributed by atoms with van der Waals surface area (Å²) in [5, 5.41) is 23.0. The Balaban J connectivity index is 3.36. The van der Waals surface area contributed by atoms with Crippen molar-refractivity contribution in [2.45, 2.75) is 366 Å². The number of amides is 1. The van der Waals surface area contributed by atoms with Crippen molar-refractivity contribution in [3.8, 4) is 0 Å². The molecule has 0 fully saturated rings. The molecule has 0 aliphatic rings. The molecule has 0 aromatic heterocycles. The number of unbranched alkanes of at least 4 members (excludes halogenated alkanes) is 46. The van der Waals surface area contributed by atoms with E-state index in [1.165, 1.54) is 283 Å². The first-order valence-electron chi connectivity index (χ1n) is 32.8. The molecule has 0 saturated heterocycles. The zero-order valence-corrected chi connectivity index (χ0v) is 49.1. The molecule has 2 atom stereocenters. The van der Waals surface area contributed by atoms with E-state index in [1.54, 1.807) is 6.08 Å². The third kappa shape index (κ3) is 59.2. The molecule has 6 heteroatoms. The Morgan fingerprint density at radius 3 is 0.973 bits per heavy atom. The lowest BCUT2D eigenvalue weighted by atomic mass is 10.0. The van der Waals surface area contributed by atoms with E-state index in [-0.39, 0.29) is 18.5 Å². The van der Waals surface area contributed by atoms with Gasteiger partial charge in [-0.15, -0.1) is 0 Å². The van der Waals surface area contributed by atoms with Crippen LogP contribution in [0.15, 0.2) is 36.5 Å². The van der Waals surface area contributed by atoms with Crippen LogP contribution in [0, 0.1) is 0 Å². The highest BCUT2D eigenvalue weighted by atomic mass is 16.5. The Morgan fingerprint density at radius 1 is 0.370 bits per heavy atom. The second-order valence-corrected chi connectivity index (χ2v) is 22.4. The Hall–Kier alpha value is -1.92. The average molecular weight is 1030 g/mol. The molecule has 0 aliphatic heterocycles. The molecule has 2 unspecified atom stereocenters. The van der Waals surface area contributed by atoms with Gasteiger partial charge < -0.3 is 20.3 Å². The van der Waals surface area contributed by atoms with E-state index >= 15 is 0 Å². The third-order valence-corrected chi connectivity index (χ3v) is 15.1. The molecule has 0 aromatic carbocycles. The summed E-state index contributed by atoms with van der Waals surface area (Å²) in [6, 6.07) is -0.625. The first-order chi connectivity index (χ1) is 36.0. The number of nitrogens with one attached hydrogen (secondary N) is 1. The molecule has 0 radical (unpaired) electrons. The minimum atomic E-state index is -0.842. The first-order valence-corrected chi connectivity index (χ1v) is 32.8. The molecule has 0 aromatic rings. The fourth-order valence-corrected chi connectivity index (χ4v) is 10.1. The minimum absolute atomic E-state index is 0.00888. The fraction of sp³-hybridized carbons (Fsp3) is 0.881. The highest BCUT2D eigenvalue weighted by Crippen LogP contribution is 2.17. The quantitative estimate of drug-likeness (QED) is 0.0320.